The minimum absolute atomic E-state index is 0. The Morgan fingerprint density at radius 1 is 0.683 bits per heavy atom. The summed E-state index contributed by atoms with van der Waals surface area (Å²) in [5, 5.41) is 9.12. The Bertz CT molecular complexity index is 1360. The molecule has 0 aliphatic carbocycles. The molecule has 3 aromatic heterocycles. The maximum atomic E-state index is 9.12. The van der Waals surface area contributed by atoms with Gasteiger partial charge in [0.15, 0.2) is 0 Å². The molecular formula is C35H29IrN4O. The number of aromatic nitrogens is 3. The monoisotopic (exact) mass is 714 g/mol. The van der Waals surface area contributed by atoms with Crippen molar-refractivity contribution in [1.82, 2.24) is 15.0 Å². The van der Waals surface area contributed by atoms with Crippen molar-refractivity contribution in [2.75, 3.05) is 6.54 Å². The average Bonchev–Trinajstić information content (AvgIpc) is 3.56. The molecule has 0 saturated carbocycles. The van der Waals surface area contributed by atoms with Crippen LogP contribution in [0.5, 0.6) is 5.75 Å². The molecule has 0 aliphatic rings. The Hall–Kier alpha value is -4.64. The van der Waals surface area contributed by atoms with E-state index in [0.29, 0.717) is 5.75 Å². The molecule has 0 amide bonds. The zero-order valence-corrected chi connectivity index (χ0v) is 24.7. The van der Waals surface area contributed by atoms with Crippen LogP contribution >= 0.6 is 0 Å². The molecule has 5 nitrogen and oxygen atoms in total. The predicted octanol–water partition coefficient (Wildman–Crippen LogP) is 7.11. The normalized spacial score (nSPS) is 9.95. The second-order valence-corrected chi connectivity index (χ2v) is 8.50. The number of phenolic OH excluding ortho intramolecular Hbond substituents is 1. The van der Waals surface area contributed by atoms with Crippen molar-refractivity contribution >= 4 is 6.21 Å². The van der Waals surface area contributed by atoms with E-state index in [4.69, 9.17) is 5.11 Å². The van der Waals surface area contributed by atoms with Crippen LogP contribution in [0.2, 0.25) is 0 Å². The molecule has 3 heterocycles. The molecule has 0 radical (unpaired) electrons. The molecule has 0 fully saturated rings. The molecule has 0 aliphatic heterocycles. The van der Waals surface area contributed by atoms with Crippen LogP contribution in [0, 0.1) is 12.1 Å². The molecular weight excluding hydrogens is 685 g/mol. The van der Waals surface area contributed by atoms with Crippen LogP contribution in [0.25, 0.3) is 22.5 Å². The number of hydrogen-bond donors (Lipinski definition) is 1. The van der Waals surface area contributed by atoms with Crippen molar-refractivity contribution in [2.45, 2.75) is 6.42 Å². The number of phenols is 1. The SMILES string of the molecule is Oc1ccc(CCN=Cc2ccc[n-]2)cc1.[Ir+3].[c-]1ccccc1-c1ccccn1.[c-]1ccccc1-c1ccccn1. The second-order valence-electron chi connectivity index (χ2n) is 8.50. The van der Waals surface area contributed by atoms with Gasteiger partial charge in [0.1, 0.15) is 5.75 Å². The van der Waals surface area contributed by atoms with Gasteiger partial charge in [0, 0.05) is 25.2 Å². The Kier molecular flexibility index (Phi) is 13.5. The van der Waals surface area contributed by atoms with Gasteiger partial charge in [0.05, 0.1) is 0 Å². The minimum Gasteiger partial charge on any atom is -0.663 e. The van der Waals surface area contributed by atoms with E-state index in [1.807, 2.05) is 109 Å². The van der Waals surface area contributed by atoms with E-state index in [1.165, 1.54) is 5.56 Å². The van der Waals surface area contributed by atoms with E-state index in [9.17, 15) is 0 Å². The van der Waals surface area contributed by atoms with Gasteiger partial charge < -0.3 is 20.1 Å². The van der Waals surface area contributed by atoms with Gasteiger partial charge >= 0.3 is 20.1 Å². The van der Waals surface area contributed by atoms with Crippen LogP contribution in [0.15, 0.2) is 145 Å². The number of rotatable bonds is 6. The van der Waals surface area contributed by atoms with Crippen molar-refractivity contribution in [3.8, 4) is 28.3 Å². The zero-order valence-electron chi connectivity index (χ0n) is 22.3. The molecule has 6 rings (SSSR count). The van der Waals surface area contributed by atoms with Gasteiger partial charge in [-0.1, -0.05) is 48.5 Å². The summed E-state index contributed by atoms with van der Waals surface area (Å²) < 4.78 is 0. The van der Waals surface area contributed by atoms with E-state index < -0.39 is 0 Å². The summed E-state index contributed by atoms with van der Waals surface area (Å²) in [5.41, 5.74) is 6.09. The molecule has 41 heavy (non-hydrogen) atoms. The van der Waals surface area contributed by atoms with Crippen molar-refractivity contribution < 1.29 is 25.2 Å². The fraction of sp³-hybridized carbons (Fsp3) is 0.0571. The first-order valence-electron chi connectivity index (χ1n) is 12.9. The standard InChI is InChI=1S/C13H13N2O.2C11H8N.Ir/c16-13-5-3-11(4-6-13)7-9-14-10-12-2-1-8-15-12;2*1-2-6-10(7-3-1)11-8-4-5-9-12-11;/h1-6,8,10H,7,9H2,(H-,14,15,16);2*1-6,8-9H;/q3*-1;+3. The van der Waals surface area contributed by atoms with Crippen molar-refractivity contribution in [3.05, 3.63) is 163 Å². The molecule has 6 aromatic rings. The summed E-state index contributed by atoms with van der Waals surface area (Å²) in [6.07, 6.45) is 7.98. The van der Waals surface area contributed by atoms with Gasteiger partial charge in [-0.25, -0.2) is 0 Å². The van der Waals surface area contributed by atoms with Gasteiger partial charge in [-0.2, -0.15) is 6.20 Å². The first-order valence-corrected chi connectivity index (χ1v) is 12.9. The third-order valence-electron chi connectivity index (χ3n) is 5.57. The van der Waals surface area contributed by atoms with E-state index in [-0.39, 0.29) is 20.1 Å². The maximum Gasteiger partial charge on any atom is 3.00 e. The first kappa shape index (κ1) is 30.9. The molecule has 6 heteroatoms. The number of pyridine rings is 2. The van der Waals surface area contributed by atoms with Crippen LogP contribution in [0.4, 0.5) is 0 Å². The largest absolute Gasteiger partial charge is 3.00 e. The van der Waals surface area contributed by atoms with Crippen LogP contribution in [-0.4, -0.2) is 27.8 Å². The van der Waals surface area contributed by atoms with Crippen molar-refractivity contribution in [2.24, 2.45) is 4.99 Å². The van der Waals surface area contributed by atoms with Crippen LogP contribution < -0.4 is 4.98 Å². The zero-order chi connectivity index (χ0) is 27.7. The molecule has 0 atom stereocenters. The summed E-state index contributed by atoms with van der Waals surface area (Å²) in [7, 11) is 0. The van der Waals surface area contributed by atoms with Crippen molar-refractivity contribution in [3.63, 3.8) is 0 Å². The Morgan fingerprint density at radius 2 is 1.27 bits per heavy atom. The molecule has 1 N–H and O–H groups in total. The fourth-order valence-electron chi connectivity index (χ4n) is 3.55. The number of aliphatic imine (C=N–C) groups is 1. The number of nitrogens with zero attached hydrogens (tertiary/aromatic N) is 4. The molecule has 0 bridgehead atoms. The van der Waals surface area contributed by atoms with Gasteiger partial charge in [-0.15, -0.1) is 77.5 Å². The molecule has 3 aromatic carbocycles. The summed E-state index contributed by atoms with van der Waals surface area (Å²) in [4.78, 5) is 16.8. The van der Waals surface area contributed by atoms with E-state index in [0.717, 1.165) is 41.2 Å². The average molecular weight is 714 g/mol. The van der Waals surface area contributed by atoms with E-state index >= 15 is 0 Å². The molecule has 0 unspecified atom stereocenters. The van der Waals surface area contributed by atoms with Crippen LogP contribution in [-0.2, 0) is 26.5 Å². The van der Waals surface area contributed by atoms with Crippen LogP contribution in [0.3, 0.4) is 0 Å². The summed E-state index contributed by atoms with van der Waals surface area (Å²) in [6, 6.07) is 44.6. The third kappa shape index (κ3) is 11.2. The summed E-state index contributed by atoms with van der Waals surface area (Å²) in [6.45, 7) is 0.734. The maximum absolute atomic E-state index is 9.12. The van der Waals surface area contributed by atoms with Crippen LogP contribution in [0.1, 0.15) is 11.3 Å². The number of benzene rings is 3. The number of aromatic hydroxyl groups is 1. The predicted molar refractivity (Wildman–Crippen MR) is 161 cm³/mol. The Balaban J connectivity index is 0.000000169. The first-order chi connectivity index (χ1) is 19.8. The third-order valence-corrected chi connectivity index (χ3v) is 5.57. The van der Waals surface area contributed by atoms with Gasteiger partial charge in [0.2, 0.25) is 0 Å². The van der Waals surface area contributed by atoms with Crippen molar-refractivity contribution in [1.29, 1.82) is 0 Å². The smallest absolute Gasteiger partial charge is 0.663 e. The number of hydrogen-bond acceptors (Lipinski definition) is 4. The van der Waals surface area contributed by atoms with E-state index in [1.54, 1.807) is 36.9 Å². The second kappa shape index (κ2) is 17.8. The molecule has 204 valence electrons. The van der Waals surface area contributed by atoms with Gasteiger partial charge in [-0.05, 0) is 47.6 Å². The summed E-state index contributed by atoms with van der Waals surface area (Å²) >= 11 is 0. The Labute approximate surface area is 255 Å². The van der Waals surface area contributed by atoms with Gasteiger partial charge in [-0.3, -0.25) is 4.99 Å². The topological polar surface area (TPSA) is 72.5 Å². The fourth-order valence-corrected chi connectivity index (χ4v) is 3.55. The summed E-state index contributed by atoms with van der Waals surface area (Å²) in [5.74, 6) is 0.299. The van der Waals surface area contributed by atoms with Gasteiger partial charge in [0.25, 0.3) is 0 Å². The molecule has 0 saturated heterocycles. The quantitative estimate of drug-likeness (QED) is 0.148. The Morgan fingerprint density at radius 3 is 1.73 bits per heavy atom. The minimum atomic E-state index is 0. The molecule has 0 spiro atoms. The van der Waals surface area contributed by atoms with E-state index in [2.05, 4.69) is 32.1 Å².